The zero-order valence-corrected chi connectivity index (χ0v) is 12.8. The van der Waals surface area contributed by atoms with Crippen molar-refractivity contribution in [1.82, 2.24) is 0 Å². The number of carbonyl (C=O) groups is 1. The number of para-hydroxylation sites is 1. The van der Waals surface area contributed by atoms with Crippen molar-refractivity contribution < 1.29 is 9.36 Å². The van der Waals surface area contributed by atoms with Crippen molar-refractivity contribution in [2.75, 3.05) is 11.4 Å². The van der Waals surface area contributed by atoms with E-state index in [1.54, 1.807) is 0 Å². The maximum Gasteiger partial charge on any atom is 0.292 e. The lowest BCUT2D eigenvalue weighted by Crippen LogP contribution is -2.44. The molecule has 2 heterocycles. The van der Waals surface area contributed by atoms with E-state index < -0.39 is 0 Å². The monoisotopic (exact) mass is 293 g/mol. The zero-order valence-electron chi connectivity index (χ0n) is 12.8. The lowest BCUT2D eigenvalue weighted by Gasteiger charge is -2.16. The Kier molecular flexibility index (Phi) is 3.41. The molecule has 1 aromatic heterocycles. The fourth-order valence-electron chi connectivity index (χ4n) is 3.66. The summed E-state index contributed by atoms with van der Waals surface area (Å²) in [5.74, 6) is 0.186. The van der Waals surface area contributed by atoms with Gasteiger partial charge in [-0.2, -0.15) is 4.57 Å². The molecule has 0 radical (unpaired) electrons. The van der Waals surface area contributed by atoms with Crippen LogP contribution in [0.15, 0.2) is 42.7 Å². The highest BCUT2D eigenvalue weighted by atomic mass is 16.2. The molecule has 4 rings (SSSR count). The molecule has 1 aliphatic heterocycles. The molecule has 0 bridgehead atoms. The number of hydrogen-bond acceptors (Lipinski definition) is 1. The molecule has 112 valence electrons. The third-order valence-corrected chi connectivity index (χ3v) is 4.85. The maximum absolute atomic E-state index is 12.7. The summed E-state index contributed by atoms with van der Waals surface area (Å²) < 4.78 is 2.05. The van der Waals surface area contributed by atoms with Gasteiger partial charge in [-0.25, -0.2) is 0 Å². The van der Waals surface area contributed by atoms with Gasteiger partial charge < -0.3 is 4.90 Å². The summed E-state index contributed by atoms with van der Waals surface area (Å²) in [6, 6.07) is 10.4. The van der Waals surface area contributed by atoms with Gasteiger partial charge >= 0.3 is 0 Å². The van der Waals surface area contributed by atoms with Crippen LogP contribution < -0.4 is 9.47 Å². The minimum atomic E-state index is 0.186. The number of aryl methyl sites for hydroxylation is 2. The van der Waals surface area contributed by atoms with Crippen LogP contribution in [0.5, 0.6) is 0 Å². The molecule has 0 fully saturated rings. The number of hydrogen-bond donors (Lipinski definition) is 0. The third kappa shape index (κ3) is 2.41. The second-order valence-corrected chi connectivity index (χ2v) is 6.30. The van der Waals surface area contributed by atoms with Crippen LogP contribution >= 0.6 is 0 Å². The first-order valence-corrected chi connectivity index (χ1v) is 8.20. The molecular formula is C19H21N2O+. The van der Waals surface area contributed by atoms with E-state index in [0.717, 1.165) is 25.1 Å². The van der Waals surface area contributed by atoms with E-state index in [2.05, 4.69) is 30.6 Å². The number of carbonyl (C=O) groups excluding carboxylic acids is 1. The molecule has 0 unspecified atom stereocenters. The first-order valence-electron chi connectivity index (χ1n) is 8.20. The van der Waals surface area contributed by atoms with Gasteiger partial charge in [-0.05, 0) is 49.3 Å². The molecule has 2 aliphatic rings. The van der Waals surface area contributed by atoms with Gasteiger partial charge in [0, 0.05) is 23.9 Å². The Labute approximate surface area is 131 Å². The van der Waals surface area contributed by atoms with Gasteiger partial charge in [0.1, 0.15) is 0 Å². The van der Waals surface area contributed by atoms with Gasteiger partial charge in [-0.1, -0.05) is 18.2 Å². The summed E-state index contributed by atoms with van der Waals surface area (Å²) in [7, 11) is 0. The number of benzene rings is 1. The van der Waals surface area contributed by atoms with Gasteiger partial charge in [-0.15, -0.1) is 0 Å². The summed E-state index contributed by atoms with van der Waals surface area (Å²) in [5.41, 5.74) is 5.25. The lowest BCUT2D eigenvalue weighted by atomic mass is 9.93. The van der Waals surface area contributed by atoms with E-state index in [1.165, 1.54) is 36.0 Å². The number of nitrogens with zero attached hydrogens (tertiary/aromatic N) is 2. The standard InChI is InChI=1S/C19H21N2O/c22-19(21-12-10-16-6-3-4-8-18(16)21)14-20-11-9-15-5-1-2-7-17(15)13-20/h3-4,6,8-9,11,13H,1-2,5,7,10,12,14H2/q+1. The normalized spacial score (nSPS) is 16.3. The van der Waals surface area contributed by atoms with E-state index in [4.69, 9.17) is 0 Å². The SMILES string of the molecule is O=C(C[n+]1ccc2c(c1)CCCC2)N1CCc2ccccc21. The van der Waals surface area contributed by atoms with Crippen LogP contribution in [0.1, 0.15) is 29.5 Å². The van der Waals surface area contributed by atoms with Crippen LogP contribution in [-0.4, -0.2) is 12.5 Å². The van der Waals surface area contributed by atoms with Crippen molar-refractivity contribution in [2.24, 2.45) is 0 Å². The van der Waals surface area contributed by atoms with Gasteiger partial charge in [0.05, 0.1) is 0 Å². The Balaban J connectivity index is 1.53. The molecule has 3 nitrogen and oxygen atoms in total. The zero-order chi connectivity index (χ0) is 14.9. The van der Waals surface area contributed by atoms with Crippen molar-refractivity contribution >= 4 is 11.6 Å². The Hall–Kier alpha value is -2.16. The maximum atomic E-state index is 12.7. The molecule has 0 saturated heterocycles. The van der Waals surface area contributed by atoms with Crippen LogP contribution in [0.4, 0.5) is 5.69 Å². The number of amides is 1. The van der Waals surface area contributed by atoms with E-state index in [0.29, 0.717) is 6.54 Å². The lowest BCUT2D eigenvalue weighted by molar-refractivity contribution is -0.684. The Morgan fingerprint density at radius 3 is 2.73 bits per heavy atom. The molecule has 1 aromatic carbocycles. The average Bonchev–Trinajstić information content (AvgIpc) is 2.99. The van der Waals surface area contributed by atoms with E-state index in [9.17, 15) is 4.79 Å². The minimum absolute atomic E-state index is 0.186. The van der Waals surface area contributed by atoms with Gasteiger partial charge in [0.15, 0.2) is 12.4 Å². The summed E-state index contributed by atoms with van der Waals surface area (Å²) in [4.78, 5) is 14.6. The van der Waals surface area contributed by atoms with Crippen LogP contribution in [0.3, 0.4) is 0 Å². The molecular weight excluding hydrogens is 272 g/mol. The van der Waals surface area contributed by atoms with Crippen molar-refractivity contribution in [3.63, 3.8) is 0 Å². The predicted molar refractivity (Wildman–Crippen MR) is 85.8 cm³/mol. The van der Waals surface area contributed by atoms with Gasteiger partial charge in [0.2, 0.25) is 6.54 Å². The third-order valence-electron chi connectivity index (χ3n) is 4.85. The van der Waals surface area contributed by atoms with Gasteiger partial charge in [-0.3, -0.25) is 4.79 Å². The van der Waals surface area contributed by atoms with Crippen LogP contribution in [0.25, 0.3) is 0 Å². The molecule has 0 saturated carbocycles. The summed E-state index contributed by atoms with van der Waals surface area (Å²) >= 11 is 0. The molecule has 1 aliphatic carbocycles. The number of fused-ring (bicyclic) bond motifs is 2. The van der Waals surface area contributed by atoms with Crippen molar-refractivity contribution in [2.45, 2.75) is 38.6 Å². The Morgan fingerprint density at radius 1 is 1.00 bits per heavy atom. The quantitative estimate of drug-likeness (QED) is 0.780. The highest BCUT2D eigenvalue weighted by molar-refractivity contribution is 5.94. The molecule has 0 N–H and O–H groups in total. The number of pyridine rings is 1. The van der Waals surface area contributed by atoms with Crippen molar-refractivity contribution in [3.05, 3.63) is 59.4 Å². The number of anilines is 1. The molecule has 2 aromatic rings. The predicted octanol–water partition coefficient (Wildman–Crippen LogP) is 2.44. The van der Waals surface area contributed by atoms with E-state index in [1.807, 2.05) is 21.6 Å². The largest absolute Gasteiger partial charge is 0.306 e. The highest BCUT2D eigenvalue weighted by Crippen LogP contribution is 2.27. The van der Waals surface area contributed by atoms with Crippen molar-refractivity contribution in [1.29, 1.82) is 0 Å². The summed E-state index contributed by atoms with van der Waals surface area (Å²) in [6.45, 7) is 1.24. The molecule has 0 spiro atoms. The molecule has 3 heteroatoms. The molecule has 1 amide bonds. The van der Waals surface area contributed by atoms with Crippen LogP contribution in [-0.2, 0) is 30.6 Å². The number of aromatic nitrogens is 1. The Bertz CT molecular complexity index is 723. The van der Waals surface area contributed by atoms with Crippen molar-refractivity contribution in [3.8, 4) is 0 Å². The van der Waals surface area contributed by atoms with E-state index >= 15 is 0 Å². The average molecular weight is 293 g/mol. The Morgan fingerprint density at radius 2 is 1.82 bits per heavy atom. The first-order chi connectivity index (χ1) is 10.8. The fraction of sp³-hybridized carbons (Fsp3) is 0.368. The minimum Gasteiger partial charge on any atom is -0.306 e. The topological polar surface area (TPSA) is 24.2 Å². The number of rotatable bonds is 2. The second kappa shape index (κ2) is 5.56. The second-order valence-electron chi connectivity index (χ2n) is 6.30. The summed E-state index contributed by atoms with van der Waals surface area (Å²) in [5, 5.41) is 0. The smallest absolute Gasteiger partial charge is 0.292 e. The summed E-state index contributed by atoms with van der Waals surface area (Å²) in [6.07, 6.45) is 10.1. The van der Waals surface area contributed by atoms with Crippen LogP contribution in [0.2, 0.25) is 0 Å². The van der Waals surface area contributed by atoms with Crippen LogP contribution in [0, 0.1) is 0 Å². The molecule has 22 heavy (non-hydrogen) atoms. The van der Waals surface area contributed by atoms with Gasteiger partial charge in [0.25, 0.3) is 5.91 Å². The highest BCUT2D eigenvalue weighted by Gasteiger charge is 2.26. The molecule has 0 atom stereocenters. The fourth-order valence-corrected chi connectivity index (χ4v) is 3.66. The van der Waals surface area contributed by atoms with E-state index in [-0.39, 0.29) is 5.91 Å². The first kappa shape index (κ1) is 13.5.